The molecule has 3 heterocycles. The third-order valence-corrected chi connectivity index (χ3v) is 5.29. The minimum Gasteiger partial charge on any atom is -0.373 e. The van der Waals surface area contributed by atoms with Gasteiger partial charge in [0.05, 0.1) is 18.5 Å². The van der Waals surface area contributed by atoms with Gasteiger partial charge in [0.25, 0.3) is 0 Å². The summed E-state index contributed by atoms with van der Waals surface area (Å²) < 4.78 is 8.00. The van der Waals surface area contributed by atoms with Crippen molar-refractivity contribution in [1.29, 1.82) is 0 Å². The molecule has 0 N–H and O–H groups in total. The largest absolute Gasteiger partial charge is 0.373 e. The number of rotatable bonds is 6. The highest BCUT2D eigenvalue weighted by Crippen LogP contribution is 2.22. The number of likely N-dealkylation sites (tertiary alicyclic amines) is 1. The third kappa shape index (κ3) is 5.30. The summed E-state index contributed by atoms with van der Waals surface area (Å²) in [7, 11) is 0. The number of morpholine rings is 1. The molecule has 1 aromatic rings. The van der Waals surface area contributed by atoms with E-state index in [9.17, 15) is 0 Å². The second kappa shape index (κ2) is 8.27. The minimum atomic E-state index is 0.392. The van der Waals surface area contributed by atoms with Crippen LogP contribution in [0.5, 0.6) is 0 Å². The lowest BCUT2D eigenvalue weighted by atomic mass is 9.93. The zero-order valence-corrected chi connectivity index (χ0v) is 14.7. The number of nitrogens with zero attached hydrogens (tertiary/aromatic N) is 4. The number of hydrogen-bond acceptors (Lipinski definition) is 4. The molecule has 0 radical (unpaired) electrons. The number of ether oxygens (including phenoxy) is 1. The van der Waals surface area contributed by atoms with Crippen molar-refractivity contribution in [2.24, 2.45) is 5.92 Å². The van der Waals surface area contributed by atoms with Gasteiger partial charge in [0.1, 0.15) is 0 Å². The Hall–Kier alpha value is -0.910. The van der Waals surface area contributed by atoms with Gasteiger partial charge in [-0.2, -0.15) is 0 Å². The summed E-state index contributed by atoms with van der Waals surface area (Å²) in [6.07, 6.45) is 10.7. The Balaban J connectivity index is 1.31. The first kappa shape index (κ1) is 16.9. The van der Waals surface area contributed by atoms with E-state index in [4.69, 9.17) is 4.74 Å². The van der Waals surface area contributed by atoms with Crippen molar-refractivity contribution in [1.82, 2.24) is 19.4 Å². The van der Waals surface area contributed by atoms with Gasteiger partial charge in [-0.05, 0) is 58.7 Å². The second-order valence-corrected chi connectivity index (χ2v) is 7.39. The molecular formula is C18H32N4O. The second-order valence-electron chi connectivity index (χ2n) is 7.39. The lowest BCUT2D eigenvalue weighted by Gasteiger charge is -2.37. The van der Waals surface area contributed by atoms with Gasteiger partial charge in [-0.25, -0.2) is 4.98 Å². The van der Waals surface area contributed by atoms with Gasteiger partial charge in [0.2, 0.25) is 0 Å². The molecule has 2 aliphatic rings. The lowest BCUT2D eigenvalue weighted by Crippen LogP contribution is -2.46. The van der Waals surface area contributed by atoms with Crippen LogP contribution in [0.1, 0.15) is 33.1 Å². The smallest absolute Gasteiger partial charge is 0.0946 e. The highest BCUT2D eigenvalue weighted by Gasteiger charge is 2.24. The topological polar surface area (TPSA) is 33.5 Å². The van der Waals surface area contributed by atoms with Crippen molar-refractivity contribution >= 4 is 0 Å². The Morgan fingerprint density at radius 2 is 1.74 bits per heavy atom. The van der Waals surface area contributed by atoms with Crippen LogP contribution in [0.3, 0.4) is 0 Å². The molecule has 3 rings (SSSR count). The highest BCUT2D eigenvalue weighted by molar-refractivity contribution is 4.78. The molecule has 2 saturated heterocycles. The summed E-state index contributed by atoms with van der Waals surface area (Å²) >= 11 is 0. The van der Waals surface area contributed by atoms with E-state index in [1.165, 1.54) is 38.9 Å². The van der Waals surface area contributed by atoms with Crippen molar-refractivity contribution in [3.63, 3.8) is 0 Å². The number of aromatic nitrogens is 2. The van der Waals surface area contributed by atoms with Crippen molar-refractivity contribution in [3.8, 4) is 0 Å². The maximum Gasteiger partial charge on any atom is 0.0946 e. The maximum atomic E-state index is 5.83. The summed E-state index contributed by atoms with van der Waals surface area (Å²) in [4.78, 5) is 9.32. The molecule has 2 atom stereocenters. The standard InChI is InChI=1S/C18H32N4O/c1-16-13-22(14-17(2)23-16)9-5-18-3-7-20(8-4-18)11-12-21-10-6-19-15-21/h6,10,15-18H,3-5,7-9,11-14H2,1-2H3. The average Bonchev–Trinajstić information content (AvgIpc) is 3.04. The van der Waals surface area contributed by atoms with Gasteiger partial charge in [0.15, 0.2) is 0 Å². The Kier molecular flexibility index (Phi) is 6.08. The van der Waals surface area contributed by atoms with Gasteiger partial charge < -0.3 is 14.2 Å². The molecule has 0 spiro atoms. The zero-order chi connectivity index (χ0) is 16.1. The van der Waals surface area contributed by atoms with E-state index in [0.29, 0.717) is 12.2 Å². The Morgan fingerprint density at radius 3 is 2.39 bits per heavy atom. The first-order valence-corrected chi connectivity index (χ1v) is 9.25. The van der Waals surface area contributed by atoms with Crippen LogP contribution in [-0.4, -0.2) is 70.8 Å². The van der Waals surface area contributed by atoms with Crippen LogP contribution in [0.25, 0.3) is 0 Å². The summed E-state index contributed by atoms with van der Waals surface area (Å²) in [5.41, 5.74) is 0. The summed E-state index contributed by atoms with van der Waals surface area (Å²) in [6.45, 7) is 12.6. The molecule has 2 fully saturated rings. The zero-order valence-electron chi connectivity index (χ0n) is 14.7. The van der Waals surface area contributed by atoms with E-state index in [1.54, 1.807) is 0 Å². The molecule has 0 aromatic carbocycles. The predicted molar refractivity (Wildman–Crippen MR) is 92.5 cm³/mol. The van der Waals surface area contributed by atoms with Crippen LogP contribution < -0.4 is 0 Å². The normalized spacial score (nSPS) is 28.3. The van der Waals surface area contributed by atoms with Crippen LogP contribution in [0.2, 0.25) is 0 Å². The third-order valence-electron chi connectivity index (χ3n) is 5.29. The van der Waals surface area contributed by atoms with Gasteiger partial charge in [-0.15, -0.1) is 0 Å². The lowest BCUT2D eigenvalue weighted by molar-refractivity contribution is -0.0693. The molecule has 0 aliphatic carbocycles. The quantitative estimate of drug-likeness (QED) is 0.804. The van der Waals surface area contributed by atoms with E-state index in [1.807, 2.05) is 12.5 Å². The predicted octanol–water partition coefficient (Wildman–Crippen LogP) is 2.09. The van der Waals surface area contributed by atoms with Crippen LogP contribution in [-0.2, 0) is 11.3 Å². The molecule has 0 amide bonds. The van der Waals surface area contributed by atoms with E-state index >= 15 is 0 Å². The first-order chi connectivity index (χ1) is 11.2. The molecule has 2 unspecified atom stereocenters. The Bertz CT molecular complexity index is 432. The van der Waals surface area contributed by atoms with Gasteiger partial charge >= 0.3 is 0 Å². The number of imidazole rings is 1. The average molecular weight is 320 g/mol. The van der Waals surface area contributed by atoms with Crippen molar-refractivity contribution < 1.29 is 4.74 Å². The van der Waals surface area contributed by atoms with E-state index in [2.05, 4.69) is 39.4 Å². The molecule has 2 aliphatic heterocycles. The SMILES string of the molecule is CC1CN(CCC2CCN(CCn3ccnc3)CC2)CC(C)O1. The van der Waals surface area contributed by atoms with E-state index in [0.717, 1.165) is 32.1 Å². The molecule has 0 bridgehead atoms. The number of piperidine rings is 1. The first-order valence-electron chi connectivity index (χ1n) is 9.25. The fraction of sp³-hybridized carbons (Fsp3) is 0.833. The van der Waals surface area contributed by atoms with E-state index < -0.39 is 0 Å². The van der Waals surface area contributed by atoms with Crippen molar-refractivity contribution in [2.75, 3.05) is 39.3 Å². The monoisotopic (exact) mass is 320 g/mol. The molecule has 1 aromatic heterocycles. The molecule has 5 nitrogen and oxygen atoms in total. The summed E-state index contributed by atoms with van der Waals surface area (Å²) in [5.74, 6) is 0.910. The van der Waals surface area contributed by atoms with Crippen LogP contribution >= 0.6 is 0 Å². The maximum absolute atomic E-state index is 5.83. The minimum absolute atomic E-state index is 0.392. The fourth-order valence-electron chi connectivity index (χ4n) is 4.01. The summed E-state index contributed by atoms with van der Waals surface area (Å²) in [6, 6.07) is 0. The molecule has 130 valence electrons. The van der Waals surface area contributed by atoms with E-state index in [-0.39, 0.29) is 0 Å². The van der Waals surface area contributed by atoms with Crippen LogP contribution in [0, 0.1) is 5.92 Å². The molecule has 5 heteroatoms. The molecule has 23 heavy (non-hydrogen) atoms. The van der Waals surface area contributed by atoms with Crippen molar-refractivity contribution in [2.45, 2.75) is 51.9 Å². The van der Waals surface area contributed by atoms with Crippen molar-refractivity contribution in [3.05, 3.63) is 18.7 Å². The van der Waals surface area contributed by atoms with Crippen LogP contribution in [0.4, 0.5) is 0 Å². The number of hydrogen-bond donors (Lipinski definition) is 0. The van der Waals surface area contributed by atoms with Gasteiger partial charge in [-0.3, -0.25) is 4.90 Å². The van der Waals surface area contributed by atoms with Crippen LogP contribution in [0.15, 0.2) is 18.7 Å². The summed E-state index contributed by atoms with van der Waals surface area (Å²) in [5, 5.41) is 0. The van der Waals surface area contributed by atoms with Gasteiger partial charge in [-0.1, -0.05) is 0 Å². The molecular weight excluding hydrogens is 288 g/mol. The Morgan fingerprint density at radius 1 is 1.00 bits per heavy atom. The Labute approximate surface area is 140 Å². The molecule has 0 saturated carbocycles. The fourth-order valence-corrected chi connectivity index (χ4v) is 4.01. The van der Waals surface area contributed by atoms with Gasteiger partial charge in [0, 0.05) is 38.6 Å². The highest BCUT2D eigenvalue weighted by atomic mass is 16.5.